The lowest BCUT2D eigenvalue weighted by Crippen LogP contribution is -3.19. The summed E-state index contributed by atoms with van der Waals surface area (Å²) in [7, 11) is 0. The van der Waals surface area contributed by atoms with Gasteiger partial charge in [-0.1, -0.05) is 41.4 Å². The van der Waals surface area contributed by atoms with Gasteiger partial charge in [0.25, 0.3) is 5.91 Å². The van der Waals surface area contributed by atoms with Gasteiger partial charge in [0.05, 0.1) is 47.6 Å². The highest BCUT2D eigenvalue weighted by molar-refractivity contribution is 6.39. The first kappa shape index (κ1) is 18.8. The second kappa shape index (κ2) is 8.16. The highest BCUT2D eigenvalue weighted by Gasteiger charge is 2.30. The molecule has 1 heterocycles. The Balaban J connectivity index is 1.60. The van der Waals surface area contributed by atoms with Crippen molar-refractivity contribution in [1.82, 2.24) is 0 Å². The van der Waals surface area contributed by atoms with E-state index in [1.54, 1.807) is 24.3 Å². The van der Waals surface area contributed by atoms with Crippen molar-refractivity contribution in [2.45, 2.75) is 13.0 Å². The zero-order chi connectivity index (χ0) is 18.7. The van der Waals surface area contributed by atoms with Crippen LogP contribution in [-0.4, -0.2) is 43.2 Å². The number of quaternary nitrogens is 1. The van der Waals surface area contributed by atoms with Crippen LogP contribution in [0.1, 0.15) is 6.92 Å². The number of hydrogen-bond donors (Lipinski definition) is 3. The lowest BCUT2D eigenvalue weighted by Gasteiger charge is -2.36. The van der Waals surface area contributed by atoms with Gasteiger partial charge in [0.15, 0.2) is 6.04 Å². The van der Waals surface area contributed by atoms with Crippen LogP contribution >= 0.6 is 23.2 Å². The largest absolute Gasteiger partial charge is 0.506 e. The molecule has 26 heavy (non-hydrogen) atoms. The SMILES string of the molecule is C[C@H](C(=O)Nc1c(Cl)cccc1Cl)[NH+]1CCN(c2ccccc2O)CC1. The average Bonchev–Trinajstić information content (AvgIpc) is 2.65. The smallest absolute Gasteiger partial charge is 0.282 e. The fraction of sp³-hybridized carbons (Fsp3) is 0.316. The number of nitrogens with zero attached hydrogens (tertiary/aromatic N) is 1. The monoisotopic (exact) mass is 394 g/mol. The molecule has 0 bridgehead atoms. The molecular formula is C19H22Cl2N3O2+. The summed E-state index contributed by atoms with van der Waals surface area (Å²) < 4.78 is 0. The number of phenols is 1. The molecule has 7 heteroatoms. The number of amides is 1. The number of piperazine rings is 1. The fourth-order valence-corrected chi connectivity index (χ4v) is 3.73. The minimum absolute atomic E-state index is 0.106. The van der Waals surface area contributed by atoms with Crippen LogP contribution in [0.5, 0.6) is 5.75 Å². The van der Waals surface area contributed by atoms with Crippen LogP contribution in [0.15, 0.2) is 42.5 Å². The second-order valence-corrected chi connectivity index (χ2v) is 7.26. The first-order valence-corrected chi connectivity index (χ1v) is 9.35. The molecule has 1 fully saturated rings. The first-order chi connectivity index (χ1) is 12.5. The highest BCUT2D eigenvalue weighted by Crippen LogP contribution is 2.30. The standard InChI is InChI=1S/C19H21Cl2N3O2/c1-13(19(26)22-18-14(20)5-4-6-15(18)21)23-9-11-24(12-10-23)16-7-2-3-8-17(16)25/h2-8,13,25H,9-12H2,1H3,(H,22,26)/p+1/t13-/m1/s1. The van der Waals surface area contributed by atoms with Gasteiger partial charge < -0.3 is 20.2 Å². The molecule has 1 aliphatic rings. The Morgan fingerprint density at radius 2 is 1.73 bits per heavy atom. The Morgan fingerprint density at radius 1 is 1.12 bits per heavy atom. The van der Waals surface area contributed by atoms with E-state index in [-0.39, 0.29) is 17.7 Å². The Bertz CT molecular complexity index is 772. The minimum atomic E-state index is -0.228. The Labute approximate surface area is 163 Å². The van der Waals surface area contributed by atoms with Gasteiger partial charge in [0, 0.05) is 0 Å². The number of rotatable bonds is 4. The minimum Gasteiger partial charge on any atom is -0.506 e. The third kappa shape index (κ3) is 4.06. The average molecular weight is 395 g/mol. The van der Waals surface area contributed by atoms with Gasteiger partial charge in [-0.25, -0.2) is 0 Å². The van der Waals surface area contributed by atoms with E-state index in [1.165, 1.54) is 4.90 Å². The number of phenolic OH excluding ortho intramolecular Hbond substituents is 1. The normalized spacial score (nSPS) is 16.3. The van der Waals surface area contributed by atoms with Crippen molar-refractivity contribution >= 4 is 40.5 Å². The number of carbonyl (C=O) groups is 1. The van der Waals surface area contributed by atoms with Crippen LogP contribution in [0.3, 0.4) is 0 Å². The molecular weight excluding hydrogens is 373 g/mol. The summed E-state index contributed by atoms with van der Waals surface area (Å²) in [4.78, 5) is 16.0. The molecule has 0 saturated carbocycles. The van der Waals surface area contributed by atoms with Gasteiger partial charge in [-0.15, -0.1) is 0 Å². The van der Waals surface area contributed by atoms with Crippen LogP contribution in [-0.2, 0) is 4.79 Å². The summed E-state index contributed by atoms with van der Waals surface area (Å²) in [5.41, 5.74) is 1.30. The van der Waals surface area contributed by atoms with Crippen molar-refractivity contribution < 1.29 is 14.8 Å². The summed E-state index contributed by atoms with van der Waals surface area (Å²) in [5.74, 6) is 0.182. The second-order valence-electron chi connectivity index (χ2n) is 6.44. The number of para-hydroxylation sites is 3. The molecule has 1 aliphatic heterocycles. The van der Waals surface area contributed by atoms with E-state index in [0.29, 0.717) is 15.7 Å². The Hall–Kier alpha value is -1.95. The summed E-state index contributed by atoms with van der Waals surface area (Å²) >= 11 is 12.3. The summed E-state index contributed by atoms with van der Waals surface area (Å²) in [6, 6.07) is 12.2. The number of benzene rings is 2. The third-order valence-corrected chi connectivity index (χ3v) is 5.47. The number of aromatic hydroxyl groups is 1. The Morgan fingerprint density at radius 3 is 2.35 bits per heavy atom. The zero-order valence-electron chi connectivity index (χ0n) is 14.5. The fourth-order valence-electron chi connectivity index (χ4n) is 3.23. The first-order valence-electron chi connectivity index (χ1n) is 8.59. The molecule has 3 rings (SSSR count). The van der Waals surface area contributed by atoms with Gasteiger partial charge in [-0.05, 0) is 31.2 Å². The van der Waals surface area contributed by atoms with Crippen LogP contribution in [0.2, 0.25) is 10.0 Å². The molecule has 0 radical (unpaired) electrons. The highest BCUT2D eigenvalue weighted by atomic mass is 35.5. The quantitative estimate of drug-likeness (QED) is 0.746. The summed E-state index contributed by atoms with van der Waals surface area (Å²) in [6.07, 6.45) is 0. The maximum Gasteiger partial charge on any atom is 0.282 e. The van der Waals surface area contributed by atoms with Gasteiger partial charge >= 0.3 is 0 Å². The maximum atomic E-state index is 12.6. The van der Waals surface area contributed by atoms with E-state index >= 15 is 0 Å². The molecule has 1 amide bonds. The molecule has 0 aliphatic carbocycles. The molecule has 2 aromatic carbocycles. The molecule has 0 unspecified atom stereocenters. The number of anilines is 2. The number of hydrogen-bond acceptors (Lipinski definition) is 3. The predicted molar refractivity (Wildman–Crippen MR) is 106 cm³/mol. The van der Waals surface area contributed by atoms with E-state index in [4.69, 9.17) is 23.2 Å². The molecule has 1 atom stereocenters. The van der Waals surface area contributed by atoms with E-state index < -0.39 is 0 Å². The van der Waals surface area contributed by atoms with E-state index in [2.05, 4.69) is 10.2 Å². The van der Waals surface area contributed by atoms with Crippen molar-refractivity contribution in [3.63, 3.8) is 0 Å². The van der Waals surface area contributed by atoms with Crippen molar-refractivity contribution in [3.8, 4) is 5.75 Å². The van der Waals surface area contributed by atoms with Gasteiger partial charge in [-0.2, -0.15) is 0 Å². The number of halogens is 2. The maximum absolute atomic E-state index is 12.6. The zero-order valence-corrected chi connectivity index (χ0v) is 16.0. The van der Waals surface area contributed by atoms with E-state index in [1.807, 2.05) is 25.1 Å². The van der Waals surface area contributed by atoms with Crippen molar-refractivity contribution in [2.75, 3.05) is 36.4 Å². The molecule has 0 spiro atoms. The van der Waals surface area contributed by atoms with Gasteiger partial charge in [0.2, 0.25) is 0 Å². The van der Waals surface area contributed by atoms with Crippen LogP contribution in [0.25, 0.3) is 0 Å². The van der Waals surface area contributed by atoms with Gasteiger partial charge in [0.1, 0.15) is 5.75 Å². The van der Waals surface area contributed by atoms with E-state index in [0.717, 1.165) is 31.9 Å². The Kier molecular flexibility index (Phi) is 5.91. The lowest BCUT2D eigenvalue weighted by molar-refractivity contribution is -0.914. The molecule has 0 aromatic heterocycles. The van der Waals surface area contributed by atoms with Crippen LogP contribution in [0.4, 0.5) is 11.4 Å². The van der Waals surface area contributed by atoms with Crippen LogP contribution < -0.4 is 15.1 Å². The molecule has 3 N–H and O–H groups in total. The lowest BCUT2D eigenvalue weighted by atomic mass is 10.2. The molecule has 5 nitrogen and oxygen atoms in total. The van der Waals surface area contributed by atoms with Crippen molar-refractivity contribution in [2.24, 2.45) is 0 Å². The van der Waals surface area contributed by atoms with Crippen molar-refractivity contribution in [1.29, 1.82) is 0 Å². The predicted octanol–water partition coefficient (Wildman–Crippen LogP) is 2.43. The van der Waals surface area contributed by atoms with Crippen molar-refractivity contribution in [3.05, 3.63) is 52.5 Å². The summed E-state index contributed by atoms with van der Waals surface area (Å²) in [6.45, 7) is 5.07. The third-order valence-electron chi connectivity index (χ3n) is 4.84. The molecule has 2 aromatic rings. The van der Waals surface area contributed by atoms with E-state index in [9.17, 15) is 9.90 Å². The number of carbonyl (C=O) groups excluding carboxylic acids is 1. The van der Waals surface area contributed by atoms with Gasteiger partial charge in [-0.3, -0.25) is 4.79 Å². The summed E-state index contributed by atoms with van der Waals surface area (Å²) in [5, 5.41) is 13.7. The number of nitrogens with one attached hydrogen (secondary N) is 2. The molecule has 138 valence electrons. The van der Waals surface area contributed by atoms with Crippen LogP contribution in [0, 0.1) is 0 Å². The molecule has 1 saturated heterocycles. The topological polar surface area (TPSA) is 57.0 Å².